The molecule has 0 amide bonds. The van der Waals surface area contributed by atoms with Gasteiger partial charge in [-0.05, 0) is 36.4 Å². The Hall–Kier alpha value is -3.94. The van der Waals surface area contributed by atoms with Gasteiger partial charge in [-0.1, -0.05) is 24.3 Å². The number of nitrogens with one attached hydrogen (secondary N) is 2. The Morgan fingerprint density at radius 1 is 0.679 bits per heavy atom. The van der Waals surface area contributed by atoms with Crippen LogP contribution >= 0.6 is 0 Å². The normalized spacial score (nSPS) is 10.1. The predicted octanol–water partition coefficient (Wildman–Crippen LogP) is 3.54. The minimum Gasteiger partial charge on any atom is -0.464 e. The van der Waals surface area contributed by atoms with Crippen LogP contribution in [-0.4, -0.2) is 36.1 Å². The Kier molecular flexibility index (Phi) is 5.81. The number of methoxy groups -OCH3 is 2. The fourth-order valence-electron chi connectivity index (χ4n) is 2.42. The molecule has 28 heavy (non-hydrogen) atoms. The van der Waals surface area contributed by atoms with E-state index in [0.29, 0.717) is 23.0 Å². The minimum absolute atomic E-state index is 0.199. The fraction of sp³-hybridized carbons (Fsp3) is 0.100. The van der Waals surface area contributed by atoms with Crippen molar-refractivity contribution in [3.8, 4) is 0 Å². The monoisotopic (exact) mass is 378 g/mol. The van der Waals surface area contributed by atoms with E-state index >= 15 is 0 Å². The van der Waals surface area contributed by atoms with Gasteiger partial charge < -0.3 is 20.1 Å². The highest BCUT2D eigenvalue weighted by atomic mass is 16.5. The Morgan fingerprint density at radius 2 is 1.11 bits per heavy atom. The van der Waals surface area contributed by atoms with E-state index in [2.05, 4.69) is 20.6 Å². The lowest BCUT2D eigenvalue weighted by molar-refractivity contribution is 0.0585. The first-order valence-electron chi connectivity index (χ1n) is 8.34. The van der Waals surface area contributed by atoms with Gasteiger partial charge in [0.15, 0.2) is 11.4 Å². The molecule has 8 nitrogen and oxygen atoms in total. The van der Waals surface area contributed by atoms with E-state index < -0.39 is 11.9 Å². The summed E-state index contributed by atoms with van der Waals surface area (Å²) in [4.78, 5) is 31.8. The van der Waals surface area contributed by atoms with E-state index in [0.717, 1.165) is 0 Å². The zero-order valence-corrected chi connectivity index (χ0v) is 15.3. The van der Waals surface area contributed by atoms with Crippen molar-refractivity contribution in [3.63, 3.8) is 0 Å². The van der Waals surface area contributed by atoms with E-state index in [9.17, 15) is 9.59 Å². The Labute approximate surface area is 161 Å². The van der Waals surface area contributed by atoms with Crippen molar-refractivity contribution < 1.29 is 19.1 Å². The summed E-state index contributed by atoms with van der Waals surface area (Å²) in [5.41, 5.74) is 1.82. The van der Waals surface area contributed by atoms with Gasteiger partial charge in [0.25, 0.3) is 0 Å². The maximum Gasteiger partial charge on any atom is 0.356 e. The van der Waals surface area contributed by atoms with Crippen molar-refractivity contribution in [1.82, 2.24) is 9.97 Å². The molecular formula is C20H18N4O4. The topological polar surface area (TPSA) is 102 Å². The van der Waals surface area contributed by atoms with Crippen molar-refractivity contribution in [2.75, 3.05) is 24.9 Å². The van der Waals surface area contributed by atoms with E-state index in [-0.39, 0.29) is 11.4 Å². The molecule has 0 spiro atoms. The molecule has 8 heteroatoms. The number of ether oxygens (including phenoxy) is 2. The summed E-state index contributed by atoms with van der Waals surface area (Å²) in [5.74, 6) is -0.0698. The van der Waals surface area contributed by atoms with E-state index in [4.69, 9.17) is 9.47 Å². The molecule has 2 heterocycles. The second kappa shape index (κ2) is 8.63. The van der Waals surface area contributed by atoms with Crippen LogP contribution in [0.5, 0.6) is 0 Å². The van der Waals surface area contributed by atoms with Crippen molar-refractivity contribution >= 4 is 34.9 Å². The van der Waals surface area contributed by atoms with Crippen LogP contribution in [-0.2, 0) is 9.47 Å². The second-order valence-corrected chi connectivity index (χ2v) is 5.59. The first-order valence-corrected chi connectivity index (χ1v) is 8.34. The van der Waals surface area contributed by atoms with Gasteiger partial charge in [0.1, 0.15) is 11.6 Å². The maximum absolute atomic E-state index is 11.7. The first kappa shape index (κ1) is 18.8. The molecule has 3 aromatic rings. The van der Waals surface area contributed by atoms with Gasteiger partial charge in [0, 0.05) is 0 Å². The lowest BCUT2D eigenvalue weighted by Gasteiger charge is -2.13. The molecule has 0 unspecified atom stereocenters. The molecule has 2 aromatic heterocycles. The summed E-state index contributed by atoms with van der Waals surface area (Å²) < 4.78 is 9.39. The molecule has 0 saturated heterocycles. The zero-order chi connectivity index (χ0) is 19.9. The number of benzene rings is 1. The SMILES string of the molecule is COC(=O)c1cccc(Nc2ccccc2Nc2cccc(C(=O)OC)n2)n1. The van der Waals surface area contributed by atoms with Gasteiger partial charge in [-0.15, -0.1) is 0 Å². The average molecular weight is 378 g/mol. The third-order valence-electron chi connectivity index (χ3n) is 3.74. The highest BCUT2D eigenvalue weighted by Crippen LogP contribution is 2.27. The molecular weight excluding hydrogens is 360 g/mol. The third kappa shape index (κ3) is 4.42. The molecule has 0 fully saturated rings. The highest BCUT2D eigenvalue weighted by Gasteiger charge is 2.11. The van der Waals surface area contributed by atoms with Gasteiger partial charge in [-0.2, -0.15) is 0 Å². The molecule has 0 aliphatic rings. The molecule has 1 aromatic carbocycles. The molecule has 0 aliphatic carbocycles. The summed E-state index contributed by atoms with van der Waals surface area (Å²) in [6.07, 6.45) is 0. The van der Waals surface area contributed by atoms with Gasteiger partial charge >= 0.3 is 11.9 Å². The summed E-state index contributed by atoms with van der Waals surface area (Å²) in [7, 11) is 2.61. The molecule has 142 valence electrons. The minimum atomic E-state index is -0.515. The van der Waals surface area contributed by atoms with Crippen molar-refractivity contribution in [1.29, 1.82) is 0 Å². The number of hydrogen-bond acceptors (Lipinski definition) is 8. The van der Waals surface area contributed by atoms with Crippen LogP contribution in [0.3, 0.4) is 0 Å². The average Bonchev–Trinajstić information content (AvgIpc) is 2.74. The van der Waals surface area contributed by atoms with Crippen LogP contribution in [0, 0.1) is 0 Å². The first-order chi connectivity index (χ1) is 13.6. The number of carbonyl (C=O) groups excluding carboxylic acids is 2. The highest BCUT2D eigenvalue weighted by molar-refractivity contribution is 5.88. The fourth-order valence-corrected chi connectivity index (χ4v) is 2.42. The molecule has 2 N–H and O–H groups in total. The van der Waals surface area contributed by atoms with Crippen LogP contribution in [0.15, 0.2) is 60.7 Å². The summed E-state index contributed by atoms with van der Waals surface area (Å²) in [6.45, 7) is 0. The van der Waals surface area contributed by atoms with Crippen molar-refractivity contribution in [3.05, 3.63) is 72.1 Å². The van der Waals surface area contributed by atoms with Crippen molar-refractivity contribution in [2.24, 2.45) is 0 Å². The summed E-state index contributed by atoms with van der Waals surface area (Å²) in [6, 6.07) is 17.4. The van der Waals surface area contributed by atoms with E-state index in [1.165, 1.54) is 14.2 Å². The molecule has 0 saturated carbocycles. The number of esters is 2. The quantitative estimate of drug-likeness (QED) is 0.628. The third-order valence-corrected chi connectivity index (χ3v) is 3.74. The predicted molar refractivity (Wildman–Crippen MR) is 104 cm³/mol. The van der Waals surface area contributed by atoms with Gasteiger partial charge in [0.2, 0.25) is 0 Å². The largest absolute Gasteiger partial charge is 0.464 e. The number of hydrogen-bond donors (Lipinski definition) is 2. The lowest BCUT2D eigenvalue weighted by atomic mass is 10.2. The molecule has 0 aliphatic heterocycles. The van der Waals surface area contributed by atoms with Crippen LogP contribution in [0.2, 0.25) is 0 Å². The Balaban J connectivity index is 1.84. The number of rotatable bonds is 6. The van der Waals surface area contributed by atoms with Gasteiger partial charge in [0.05, 0.1) is 25.6 Å². The van der Waals surface area contributed by atoms with Crippen LogP contribution in [0.4, 0.5) is 23.0 Å². The summed E-state index contributed by atoms with van der Waals surface area (Å²) in [5, 5.41) is 6.32. The number of para-hydroxylation sites is 2. The van der Waals surface area contributed by atoms with Gasteiger partial charge in [-0.25, -0.2) is 19.6 Å². The zero-order valence-electron chi connectivity index (χ0n) is 15.3. The maximum atomic E-state index is 11.7. The van der Waals surface area contributed by atoms with E-state index in [1.54, 1.807) is 36.4 Å². The number of nitrogens with zero attached hydrogens (tertiary/aromatic N) is 2. The number of pyridine rings is 2. The smallest absolute Gasteiger partial charge is 0.356 e. The Morgan fingerprint density at radius 3 is 1.50 bits per heavy atom. The van der Waals surface area contributed by atoms with Crippen LogP contribution in [0.1, 0.15) is 21.0 Å². The van der Waals surface area contributed by atoms with Crippen LogP contribution < -0.4 is 10.6 Å². The molecule has 0 radical (unpaired) electrons. The number of anilines is 4. The summed E-state index contributed by atoms with van der Waals surface area (Å²) >= 11 is 0. The van der Waals surface area contributed by atoms with E-state index in [1.807, 2.05) is 24.3 Å². The molecule has 0 atom stereocenters. The Bertz CT molecular complexity index is 926. The second-order valence-electron chi connectivity index (χ2n) is 5.59. The molecule has 0 bridgehead atoms. The number of carbonyl (C=O) groups is 2. The van der Waals surface area contributed by atoms with Crippen LogP contribution in [0.25, 0.3) is 0 Å². The lowest BCUT2D eigenvalue weighted by Crippen LogP contribution is -2.07. The molecule has 3 rings (SSSR count). The standard InChI is InChI=1S/C20H18N4O4/c1-27-19(25)15-9-5-11-17(23-15)21-13-7-3-4-8-14(13)22-18-12-6-10-16(24-18)20(26)28-2/h3-12H,1-2H3,(H,21,23)(H,22,24). The number of aromatic nitrogens is 2. The van der Waals surface area contributed by atoms with Crippen molar-refractivity contribution in [2.45, 2.75) is 0 Å². The van der Waals surface area contributed by atoms with Gasteiger partial charge in [-0.3, -0.25) is 0 Å².